The molecule has 0 fully saturated rings. The summed E-state index contributed by atoms with van der Waals surface area (Å²) in [5, 5.41) is 11.0. The molecule has 0 aromatic carbocycles. The number of nitrogens with two attached hydrogens (primary N) is 1. The van der Waals surface area contributed by atoms with Gasteiger partial charge in [0.2, 0.25) is 0 Å². The van der Waals surface area contributed by atoms with Gasteiger partial charge in [-0.15, -0.1) is 5.10 Å². The standard InChI is InChI=1S/C11H19N5OS/c1-16(7-8-17-2)6-5-13-11-9(10(12)18)3-4-14-15-11/h3-4H,5-8H2,1-2H3,(H2,12,18)(H,13,15). The first kappa shape index (κ1) is 14.7. The van der Waals surface area contributed by atoms with E-state index in [1.54, 1.807) is 19.4 Å². The van der Waals surface area contributed by atoms with Crippen molar-refractivity contribution in [2.24, 2.45) is 5.73 Å². The third kappa shape index (κ3) is 4.91. The number of rotatable bonds is 8. The molecule has 0 spiro atoms. The normalized spacial score (nSPS) is 10.6. The summed E-state index contributed by atoms with van der Waals surface area (Å²) in [5.74, 6) is 0.630. The second-order valence-corrected chi connectivity index (χ2v) is 4.32. The lowest BCUT2D eigenvalue weighted by Gasteiger charge is -2.16. The van der Waals surface area contributed by atoms with Gasteiger partial charge < -0.3 is 20.7 Å². The molecule has 18 heavy (non-hydrogen) atoms. The van der Waals surface area contributed by atoms with Crippen molar-refractivity contribution in [1.82, 2.24) is 15.1 Å². The van der Waals surface area contributed by atoms with Crippen molar-refractivity contribution >= 4 is 23.0 Å². The predicted octanol–water partition coefficient (Wildman–Crippen LogP) is 0.101. The minimum Gasteiger partial charge on any atom is -0.389 e. The number of anilines is 1. The summed E-state index contributed by atoms with van der Waals surface area (Å²) in [6.07, 6.45) is 1.57. The van der Waals surface area contributed by atoms with Gasteiger partial charge in [0.25, 0.3) is 0 Å². The van der Waals surface area contributed by atoms with Gasteiger partial charge in [-0.2, -0.15) is 5.10 Å². The largest absolute Gasteiger partial charge is 0.389 e. The maximum atomic E-state index is 5.61. The third-order valence-corrected chi connectivity index (χ3v) is 2.67. The second-order valence-electron chi connectivity index (χ2n) is 3.88. The van der Waals surface area contributed by atoms with E-state index in [4.69, 9.17) is 22.7 Å². The molecule has 100 valence electrons. The Kier molecular flexibility index (Phi) is 6.48. The Balaban J connectivity index is 2.41. The average Bonchev–Trinajstić information content (AvgIpc) is 2.36. The minimum atomic E-state index is 0.320. The number of methoxy groups -OCH3 is 1. The van der Waals surface area contributed by atoms with E-state index in [0.29, 0.717) is 10.8 Å². The molecule has 0 amide bonds. The Labute approximate surface area is 113 Å². The number of nitrogens with one attached hydrogen (secondary N) is 1. The Bertz CT molecular complexity index is 387. The van der Waals surface area contributed by atoms with Crippen LogP contribution in [0.4, 0.5) is 5.82 Å². The van der Waals surface area contributed by atoms with Crippen LogP contribution in [0, 0.1) is 0 Å². The van der Waals surface area contributed by atoms with E-state index in [-0.39, 0.29) is 0 Å². The maximum Gasteiger partial charge on any atom is 0.158 e. The highest BCUT2D eigenvalue weighted by Crippen LogP contribution is 2.09. The fourth-order valence-electron chi connectivity index (χ4n) is 1.39. The van der Waals surface area contributed by atoms with Gasteiger partial charge in [0, 0.05) is 26.7 Å². The monoisotopic (exact) mass is 269 g/mol. The Morgan fingerprint density at radius 1 is 1.56 bits per heavy atom. The summed E-state index contributed by atoms with van der Waals surface area (Å²) in [5.41, 5.74) is 6.33. The van der Waals surface area contributed by atoms with Crippen LogP contribution in [0.15, 0.2) is 12.3 Å². The van der Waals surface area contributed by atoms with E-state index >= 15 is 0 Å². The first-order valence-electron chi connectivity index (χ1n) is 5.68. The van der Waals surface area contributed by atoms with Crippen LogP contribution < -0.4 is 11.1 Å². The molecule has 1 aromatic rings. The molecule has 0 aliphatic rings. The number of aromatic nitrogens is 2. The number of hydrogen-bond acceptors (Lipinski definition) is 6. The molecule has 0 unspecified atom stereocenters. The van der Waals surface area contributed by atoms with Gasteiger partial charge in [-0.1, -0.05) is 12.2 Å². The van der Waals surface area contributed by atoms with Crippen LogP contribution in [0.3, 0.4) is 0 Å². The second kappa shape index (κ2) is 7.91. The number of likely N-dealkylation sites (N-methyl/N-ethyl adjacent to an activating group) is 1. The van der Waals surface area contributed by atoms with E-state index in [9.17, 15) is 0 Å². The molecule has 1 heterocycles. The Morgan fingerprint density at radius 3 is 3.00 bits per heavy atom. The predicted molar refractivity (Wildman–Crippen MR) is 75.8 cm³/mol. The molecule has 6 nitrogen and oxygen atoms in total. The number of hydrogen-bond donors (Lipinski definition) is 2. The van der Waals surface area contributed by atoms with Crippen molar-refractivity contribution < 1.29 is 4.74 Å². The highest BCUT2D eigenvalue weighted by Gasteiger charge is 2.06. The van der Waals surface area contributed by atoms with Crippen molar-refractivity contribution in [2.75, 3.05) is 45.7 Å². The average molecular weight is 269 g/mol. The third-order valence-electron chi connectivity index (χ3n) is 2.45. The van der Waals surface area contributed by atoms with Gasteiger partial charge in [0.05, 0.1) is 18.4 Å². The molecule has 0 saturated carbocycles. The molecular weight excluding hydrogens is 250 g/mol. The highest BCUT2D eigenvalue weighted by molar-refractivity contribution is 7.80. The molecule has 0 radical (unpaired) electrons. The van der Waals surface area contributed by atoms with E-state index in [2.05, 4.69) is 20.4 Å². The zero-order chi connectivity index (χ0) is 13.4. The van der Waals surface area contributed by atoms with Gasteiger partial charge in [-0.3, -0.25) is 0 Å². The molecule has 0 aliphatic carbocycles. The molecule has 0 saturated heterocycles. The zero-order valence-corrected chi connectivity index (χ0v) is 11.5. The van der Waals surface area contributed by atoms with E-state index in [1.165, 1.54) is 0 Å². The van der Waals surface area contributed by atoms with E-state index < -0.39 is 0 Å². The smallest absolute Gasteiger partial charge is 0.158 e. The van der Waals surface area contributed by atoms with E-state index in [0.717, 1.165) is 31.8 Å². The Hall–Kier alpha value is -1.31. The maximum absolute atomic E-state index is 5.61. The van der Waals surface area contributed by atoms with Gasteiger partial charge in [0.15, 0.2) is 5.82 Å². The van der Waals surface area contributed by atoms with Crippen LogP contribution in [-0.4, -0.2) is 60.5 Å². The summed E-state index contributed by atoms with van der Waals surface area (Å²) < 4.78 is 5.01. The van der Waals surface area contributed by atoms with Crippen molar-refractivity contribution in [3.05, 3.63) is 17.8 Å². The summed E-state index contributed by atoms with van der Waals surface area (Å²) in [6, 6.07) is 1.76. The fraction of sp³-hybridized carbons (Fsp3) is 0.545. The highest BCUT2D eigenvalue weighted by atomic mass is 32.1. The number of ether oxygens (including phenoxy) is 1. The molecule has 7 heteroatoms. The first-order chi connectivity index (χ1) is 8.65. The molecule has 0 atom stereocenters. The molecule has 1 aromatic heterocycles. The zero-order valence-electron chi connectivity index (χ0n) is 10.7. The molecule has 1 rings (SSSR count). The van der Waals surface area contributed by atoms with Crippen LogP contribution in [0.2, 0.25) is 0 Å². The molecule has 0 aliphatic heterocycles. The van der Waals surface area contributed by atoms with Crippen molar-refractivity contribution in [2.45, 2.75) is 0 Å². The lowest BCUT2D eigenvalue weighted by molar-refractivity contribution is 0.163. The topological polar surface area (TPSA) is 76.3 Å². The van der Waals surface area contributed by atoms with Crippen LogP contribution in [0.25, 0.3) is 0 Å². The summed E-state index contributed by atoms with van der Waals surface area (Å²) in [6.45, 7) is 3.23. The van der Waals surface area contributed by atoms with Crippen molar-refractivity contribution in [3.8, 4) is 0 Å². The summed E-state index contributed by atoms with van der Waals surface area (Å²) in [7, 11) is 3.73. The number of thiocarbonyl (C=S) groups is 1. The first-order valence-corrected chi connectivity index (χ1v) is 6.09. The van der Waals surface area contributed by atoms with Crippen LogP contribution in [0.1, 0.15) is 5.56 Å². The molecular formula is C11H19N5OS. The number of nitrogens with zero attached hydrogens (tertiary/aromatic N) is 3. The minimum absolute atomic E-state index is 0.320. The lowest BCUT2D eigenvalue weighted by atomic mass is 10.3. The molecule has 3 N–H and O–H groups in total. The fourth-order valence-corrected chi connectivity index (χ4v) is 1.55. The van der Waals surface area contributed by atoms with Crippen molar-refractivity contribution in [3.63, 3.8) is 0 Å². The van der Waals surface area contributed by atoms with Crippen molar-refractivity contribution in [1.29, 1.82) is 0 Å². The van der Waals surface area contributed by atoms with Gasteiger partial charge in [0.1, 0.15) is 4.99 Å². The Morgan fingerprint density at radius 2 is 2.33 bits per heavy atom. The summed E-state index contributed by atoms with van der Waals surface area (Å²) in [4.78, 5) is 2.48. The SMILES string of the molecule is COCCN(C)CCNc1nnccc1C(N)=S. The quantitative estimate of drug-likeness (QED) is 0.648. The van der Waals surface area contributed by atoms with Crippen LogP contribution in [-0.2, 0) is 4.74 Å². The lowest BCUT2D eigenvalue weighted by Crippen LogP contribution is -2.29. The summed E-state index contributed by atoms with van der Waals surface area (Å²) >= 11 is 4.95. The van der Waals surface area contributed by atoms with Gasteiger partial charge in [-0.05, 0) is 13.1 Å². The van der Waals surface area contributed by atoms with Crippen LogP contribution in [0.5, 0.6) is 0 Å². The molecule has 0 bridgehead atoms. The van der Waals surface area contributed by atoms with Gasteiger partial charge >= 0.3 is 0 Å². The van der Waals surface area contributed by atoms with Crippen LogP contribution >= 0.6 is 12.2 Å². The van der Waals surface area contributed by atoms with E-state index in [1.807, 2.05) is 7.05 Å². The van der Waals surface area contributed by atoms with Gasteiger partial charge in [-0.25, -0.2) is 0 Å².